The Morgan fingerprint density at radius 2 is 1.84 bits per heavy atom. The number of nitrogens with one attached hydrogen (secondary N) is 3. The van der Waals surface area contributed by atoms with Crippen molar-refractivity contribution in [2.75, 3.05) is 21.7 Å². The number of anilines is 4. The van der Waals surface area contributed by atoms with Crippen LogP contribution in [-0.2, 0) is 6.54 Å². The van der Waals surface area contributed by atoms with E-state index in [1.165, 1.54) is 0 Å². The summed E-state index contributed by atoms with van der Waals surface area (Å²) in [6, 6.07) is 14.0. The van der Waals surface area contributed by atoms with Crippen LogP contribution in [0.5, 0.6) is 0 Å². The van der Waals surface area contributed by atoms with Crippen LogP contribution in [-0.4, -0.2) is 16.0 Å². The van der Waals surface area contributed by atoms with Crippen molar-refractivity contribution >= 4 is 28.9 Å². The number of rotatable bonds is 5. The van der Waals surface area contributed by atoms with Crippen LogP contribution in [0.1, 0.15) is 5.56 Å². The standard InChI is InChI=1S/C18H18N6O/c19-14-3-1-4-15(11-14)23-18(25)24-16-5-2-8-21-17(16)22-12-13-6-9-20-10-7-13/h1-11H,12,19H2,(H,21,22)(H2,23,24,25). The normalized spacial score (nSPS) is 10.1. The zero-order valence-electron chi connectivity index (χ0n) is 13.4. The van der Waals surface area contributed by atoms with Gasteiger partial charge in [0, 0.05) is 36.5 Å². The van der Waals surface area contributed by atoms with Crippen molar-refractivity contribution in [2.24, 2.45) is 0 Å². The van der Waals surface area contributed by atoms with Gasteiger partial charge in [-0.2, -0.15) is 0 Å². The minimum Gasteiger partial charge on any atom is -0.399 e. The number of benzene rings is 1. The summed E-state index contributed by atoms with van der Waals surface area (Å²) < 4.78 is 0. The molecule has 2 aromatic heterocycles. The summed E-state index contributed by atoms with van der Waals surface area (Å²) in [6.45, 7) is 0.574. The van der Waals surface area contributed by atoms with E-state index in [0.29, 0.717) is 29.4 Å². The van der Waals surface area contributed by atoms with Gasteiger partial charge in [-0.3, -0.25) is 4.98 Å². The van der Waals surface area contributed by atoms with Crippen molar-refractivity contribution in [3.05, 3.63) is 72.7 Å². The number of nitrogens with zero attached hydrogens (tertiary/aromatic N) is 2. The lowest BCUT2D eigenvalue weighted by molar-refractivity contribution is 0.262. The van der Waals surface area contributed by atoms with Crippen molar-refractivity contribution in [2.45, 2.75) is 6.54 Å². The van der Waals surface area contributed by atoms with Crippen molar-refractivity contribution < 1.29 is 4.79 Å². The quantitative estimate of drug-likeness (QED) is 0.536. The molecule has 0 saturated carbocycles. The Labute approximate surface area is 145 Å². The molecule has 2 amide bonds. The number of urea groups is 1. The van der Waals surface area contributed by atoms with Crippen LogP contribution in [0.15, 0.2) is 67.1 Å². The maximum absolute atomic E-state index is 12.2. The van der Waals surface area contributed by atoms with E-state index in [2.05, 4.69) is 25.9 Å². The van der Waals surface area contributed by atoms with E-state index >= 15 is 0 Å². The second kappa shape index (κ2) is 7.78. The average Bonchev–Trinajstić information content (AvgIpc) is 2.62. The fourth-order valence-corrected chi connectivity index (χ4v) is 2.23. The molecular formula is C18H18N6O. The van der Waals surface area contributed by atoms with E-state index in [1.54, 1.807) is 55.0 Å². The minimum atomic E-state index is -0.370. The van der Waals surface area contributed by atoms with E-state index in [-0.39, 0.29) is 6.03 Å². The average molecular weight is 334 g/mol. The maximum atomic E-state index is 12.2. The Morgan fingerprint density at radius 3 is 2.64 bits per heavy atom. The highest BCUT2D eigenvalue weighted by Crippen LogP contribution is 2.19. The molecule has 0 aliphatic rings. The topological polar surface area (TPSA) is 105 Å². The molecule has 0 saturated heterocycles. The Balaban J connectivity index is 1.65. The molecule has 0 bridgehead atoms. The summed E-state index contributed by atoms with van der Waals surface area (Å²) in [4.78, 5) is 20.5. The molecule has 126 valence electrons. The van der Waals surface area contributed by atoms with Gasteiger partial charge in [0.1, 0.15) is 5.82 Å². The summed E-state index contributed by atoms with van der Waals surface area (Å²) in [5.41, 5.74) is 8.56. The summed E-state index contributed by atoms with van der Waals surface area (Å²) in [7, 11) is 0. The highest BCUT2D eigenvalue weighted by atomic mass is 16.2. The van der Waals surface area contributed by atoms with Crippen LogP contribution in [0.25, 0.3) is 0 Å². The fraction of sp³-hybridized carbons (Fsp3) is 0.0556. The van der Waals surface area contributed by atoms with Gasteiger partial charge in [-0.1, -0.05) is 6.07 Å². The van der Waals surface area contributed by atoms with Crippen LogP contribution in [0.4, 0.5) is 27.7 Å². The molecule has 7 nitrogen and oxygen atoms in total. The lowest BCUT2D eigenvalue weighted by Crippen LogP contribution is -2.20. The zero-order valence-corrected chi connectivity index (χ0v) is 13.4. The number of aromatic nitrogens is 2. The number of carbonyl (C=O) groups excluding carboxylic acids is 1. The summed E-state index contributed by atoms with van der Waals surface area (Å²) >= 11 is 0. The number of hydrogen-bond acceptors (Lipinski definition) is 5. The fourth-order valence-electron chi connectivity index (χ4n) is 2.23. The zero-order chi connectivity index (χ0) is 17.5. The summed E-state index contributed by atoms with van der Waals surface area (Å²) in [5, 5.41) is 8.73. The van der Waals surface area contributed by atoms with Gasteiger partial charge < -0.3 is 21.7 Å². The third-order valence-electron chi connectivity index (χ3n) is 3.41. The maximum Gasteiger partial charge on any atom is 0.323 e. The van der Waals surface area contributed by atoms with Gasteiger partial charge in [-0.05, 0) is 48.0 Å². The third kappa shape index (κ3) is 4.68. The first-order valence-corrected chi connectivity index (χ1v) is 7.72. The van der Waals surface area contributed by atoms with E-state index in [4.69, 9.17) is 5.73 Å². The van der Waals surface area contributed by atoms with Gasteiger partial charge >= 0.3 is 6.03 Å². The molecule has 2 heterocycles. The van der Waals surface area contributed by atoms with Gasteiger partial charge in [0.15, 0.2) is 0 Å². The highest BCUT2D eigenvalue weighted by Gasteiger charge is 2.08. The van der Waals surface area contributed by atoms with Gasteiger partial charge in [-0.25, -0.2) is 9.78 Å². The van der Waals surface area contributed by atoms with Crippen LogP contribution in [0.3, 0.4) is 0 Å². The monoisotopic (exact) mass is 334 g/mol. The lowest BCUT2D eigenvalue weighted by Gasteiger charge is -2.13. The molecule has 0 unspecified atom stereocenters. The van der Waals surface area contributed by atoms with Gasteiger partial charge in [0.25, 0.3) is 0 Å². The molecule has 7 heteroatoms. The van der Waals surface area contributed by atoms with E-state index in [0.717, 1.165) is 5.56 Å². The molecule has 0 atom stereocenters. The molecule has 1 aromatic carbocycles. The molecule has 0 radical (unpaired) electrons. The molecule has 0 aliphatic carbocycles. The van der Waals surface area contributed by atoms with Crippen LogP contribution < -0.4 is 21.7 Å². The van der Waals surface area contributed by atoms with Crippen molar-refractivity contribution in [3.8, 4) is 0 Å². The van der Waals surface area contributed by atoms with Gasteiger partial charge in [-0.15, -0.1) is 0 Å². The Morgan fingerprint density at radius 1 is 1.00 bits per heavy atom. The number of pyridine rings is 2. The summed E-state index contributed by atoms with van der Waals surface area (Å²) in [6.07, 6.45) is 5.12. The van der Waals surface area contributed by atoms with Crippen LogP contribution >= 0.6 is 0 Å². The van der Waals surface area contributed by atoms with Gasteiger partial charge in [0.05, 0.1) is 5.69 Å². The lowest BCUT2D eigenvalue weighted by atomic mass is 10.2. The Bertz CT molecular complexity index is 853. The van der Waals surface area contributed by atoms with Crippen molar-refractivity contribution in [1.29, 1.82) is 0 Å². The molecule has 3 aromatic rings. The highest BCUT2D eigenvalue weighted by molar-refractivity contribution is 6.01. The van der Waals surface area contributed by atoms with Gasteiger partial charge in [0.2, 0.25) is 0 Å². The Hall–Kier alpha value is -3.61. The second-order valence-electron chi connectivity index (χ2n) is 5.31. The van der Waals surface area contributed by atoms with E-state index in [1.807, 2.05) is 12.1 Å². The smallest absolute Gasteiger partial charge is 0.323 e. The number of nitrogens with two attached hydrogens (primary N) is 1. The number of nitrogen functional groups attached to an aromatic ring is 1. The van der Waals surface area contributed by atoms with E-state index < -0.39 is 0 Å². The Kier molecular flexibility index (Phi) is 5.06. The second-order valence-corrected chi connectivity index (χ2v) is 5.31. The van der Waals surface area contributed by atoms with Crippen LogP contribution in [0.2, 0.25) is 0 Å². The molecule has 5 N–H and O–H groups in total. The first kappa shape index (κ1) is 16.3. The van der Waals surface area contributed by atoms with Crippen molar-refractivity contribution in [1.82, 2.24) is 9.97 Å². The number of carbonyl (C=O) groups is 1. The molecule has 3 rings (SSSR count). The van der Waals surface area contributed by atoms with Crippen molar-refractivity contribution in [3.63, 3.8) is 0 Å². The molecule has 25 heavy (non-hydrogen) atoms. The van der Waals surface area contributed by atoms with Crippen LogP contribution in [0, 0.1) is 0 Å². The largest absolute Gasteiger partial charge is 0.399 e. The summed E-state index contributed by atoms with van der Waals surface area (Å²) in [5.74, 6) is 0.585. The predicted molar refractivity (Wildman–Crippen MR) is 99.3 cm³/mol. The first-order valence-electron chi connectivity index (χ1n) is 7.72. The number of amides is 2. The van der Waals surface area contributed by atoms with E-state index in [9.17, 15) is 4.79 Å². The molecule has 0 fully saturated rings. The molecule has 0 spiro atoms. The number of hydrogen-bond donors (Lipinski definition) is 4. The minimum absolute atomic E-state index is 0.370. The first-order chi connectivity index (χ1) is 12.2. The molecular weight excluding hydrogens is 316 g/mol. The molecule has 0 aliphatic heterocycles. The SMILES string of the molecule is Nc1cccc(NC(=O)Nc2cccnc2NCc2ccncc2)c1. The predicted octanol–water partition coefficient (Wildman–Crippen LogP) is 3.31. The third-order valence-corrected chi connectivity index (χ3v) is 3.41.